The molecular weight excluding hydrogens is 340 g/mol. The maximum Gasteiger partial charge on any atom is 0.248 e. The van der Waals surface area contributed by atoms with Crippen LogP contribution in [0.15, 0.2) is 59.4 Å². The number of hydrogen-bond acceptors (Lipinski definition) is 5. The summed E-state index contributed by atoms with van der Waals surface area (Å²) in [6.07, 6.45) is 4.63. The molecule has 7 heteroatoms. The van der Waals surface area contributed by atoms with E-state index >= 15 is 0 Å². The smallest absolute Gasteiger partial charge is 0.248 e. The molecule has 1 N–H and O–H groups in total. The lowest BCUT2D eigenvalue weighted by molar-refractivity contribution is 0.209. The van der Waals surface area contributed by atoms with Crippen LogP contribution in [0.25, 0.3) is 0 Å². The van der Waals surface area contributed by atoms with Gasteiger partial charge in [0.2, 0.25) is 5.56 Å². The normalized spacial score (nSPS) is 17.0. The highest BCUT2D eigenvalue weighted by molar-refractivity contribution is 5.35. The van der Waals surface area contributed by atoms with Crippen molar-refractivity contribution in [2.24, 2.45) is 0 Å². The summed E-state index contributed by atoms with van der Waals surface area (Å²) in [7, 11) is 0. The number of allylic oxidation sites excluding steroid dienone is 1. The molecule has 0 fully saturated rings. The second-order valence-electron chi connectivity index (χ2n) is 7.67. The summed E-state index contributed by atoms with van der Waals surface area (Å²) in [5.41, 5.74) is 2.68. The first-order valence-electron chi connectivity index (χ1n) is 9.04. The van der Waals surface area contributed by atoms with Crippen molar-refractivity contribution in [3.05, 3.63) is 76.5 Å². The van der Waals surface area contributed by atoms with E-state index in [-0.39, 0.29) is 17.1 Å². The maximum absolute atomic E-state index is 12.0. The number of nitrogens with one attached hydrogen (secondary N) is 1. The molecule has 1 atom stereocenters. The molecule has 2 aromatic rings. The number of rotatable bonds is 5. The maximum atomic E-state index is 12.0. The summed E-state index contributed by atoms with van der Waals surface area (Å²) in [5.74, 6) is 0.704. The van der Waals surface area contributed by atoms with E-state index in [1.807, 2.05) is 22.9 Å². The average Bonchev–Trinajstić information content (AvgIpc) is 3.11. The Morgan fingerprint density at radius 1 is 1.22 bits per heavy atom. The molecule has 1 unspecified atom stereocenters. The van der Waals surface area contributed by atoms with Gasteiger partial charge in [-0.3, -0.25) is 9.69 Å². The Bertz CT molecular complexity index is 930. The van der Waals surface area contributed by atoms with Gasteiger partial charge < -0.3 is 4.98 Å². The average molecular weight is 366 g/mol. The molecule has 0 saturated carbocycles. The molecule has 0 radical (unpaired) electrons. The summed E-state index contributed by atoms with van der Waals surface area (Å²) >= 11 is 0. The van der Waals surface area contributed by atoms with Crippen molar-refractivity contribution in [1.29, 1.82) is 0 Å². The molecule has 0 bridgehead atoms. The second-order valence-corrected chi connectivity index (χ2v) is 7.67. The number of hydrogen-bond donors (Lipinski definition) is 1. The van der Waals surface area contributed by atoms with Crippen molar-refractivity contribution in [1.82, 2.24) is 30.1 Å². The van der Waals surface area contributed by atoms with Crippen molar-refractivity contribution in [2.75, 3.05) is 13.1 Å². The van der Waals surface area contributed by atoms with E-state index < -0.39 is 0 Å². The Kier molecular flexibility index (Phi) is 5.23. The minimum atomic E-state index is -0.286. The summed E-state index contributed by atoms with van der Waals surface area (Å²) in [5, 5.41) is 12.5. The van der Waals surface area contributed by atoms with Crippen LogP contribution in [-0.4, -0.2) is 43.2 Å². The van der Waals surface area contributed by atoms with Crippen LogP contribution in [-0.2, 0) is 5.54 Å². The third-order valence-electron chi connectivity index (χ3n) is 4.77. The van der Waals surface area contributed by atoms with Gasteiger partial charge in [0.25, 0.3) is 0 Å². The lowest BCUT2D eigenvalue weighted by Crippen LogP contribution is -2.39. The Morgan fingerprint density at radius 2 is 1.96 bits per heavy atom. The molecule has 3 heterocycles. The molecule has 3 rings (SSSR count). The highest BCUT2D eigenvalue weighted by Crippen LogP contribution is 2.32. The van der Waals surface area contributed by atoms with Crippen molar-refractivity contribution in [3.63, 3.8) is 0 Å². The van der Waals surface area contributed by atoms with E-state index in [1.54, 1.807) is 6.07 Å². The van der Waals surface area contributed by atoms with E-state index in [4.69, 9.17) is 0 Å². The third kappa shape index (κ3) is 3.83. The van der Waals surface area contributed by atoms with Crippen LogP contribution in [0.5, 0.6) is 0 Å². The topological polar surface area (TPSA) is 79.7 Å². The van der Waals surface area contributed by atoms with E-state index in [2.05, 4.69) is 59.3 Å². The Labute approximate surface area is 159 Å². The summed E-state index contributed by atoms with van der Waals surface area (Å²) in [4.78, 5) is 17.2. The van der Waals surface area contributed by atoms with E-state index in [0.29, 0.717) is 12.4 Å². The molecule has 0 saturated heterocycles. The van der Waals surface area contributed by atoms with E-state index in [0.717, 1.165) is 24.2 Å². The Balaban J connectivity index is 2.12. The van der Waals surface area contributed by atoms with Gasteiger partial charge in [0.1, 0.15) is 6.04 Å². The van der Waals surface area contributed by atoms with Gasteiger partial charge in [0.05, 0.1) is 5.54 Å². The van der Waals surface area contributed by atoms with Crippen LogP contribution in [0.3, 0.4) is 0 Å². The standard InChI is InChI=1S/C20H26N6O/c1-6-14-11-12-25(13-15(14)7-2)18(16-9-8-10-17(27)21-16)19-22-23-24-26(19)20(3,4)5/h6-10,18H,1-2,11-13H2,3-5H3,(H,21,27). The number of pyridine rings is 1. The second kappa shape index (κ2) is 7.44. The Morgan fingerprint density at radius 3 is 2.59 bits per heavy atom. The first-order valence-corrected chi connectivity index (χ1v) is 9.04. The van der Waals surface area contributed by atoms with Crippen molar-refractivity contribution in [3.8, 4) is 0 Å². The number of tetrazole rings is 1. The van der Waals surface area contributed by atoms with Crippen LogP contribution in [0.4, 0.5) is 0 Å². The van der Waals surface area contributed by atoms with Crippen LogP contribution in [0, 0.1) is 0 Å². The molecule has 142 valence electrons. The van der Waals surface area contributed by atoms with Crippen LogP contribution < -0.4 is 5.56 Å². The van der Waals surface area contributed by atoms with Gasteiger partial charge in [-0.25, -0.2) is 4.68 Å². The molecule has 0 aliphatic carbocycles. The summed E-state index contributed by atoms with van der Waals surface area (Å²) in [6.45, 7) is 15.5. The summed E-state index contributed by atoms with van der Waals surface area (Å²) in [6, 6.07) is 4.91. The SMILES string of the molecule is C=CC1=C(C=C)CN(C(c2cccc(=O)[nH]2)c2nnnn2C(C)(C)C)CC1. The van der Waals surface area contributed by atoms with Gasteiger partial charge >= 0.3 is 0 Å². The molecule has 27 heavy (non-hydrogen) atoms. The predicted octanol–water partition coefficient (Wildman–Crippen LogP) is 2.58. The van der Waals surface area contributed by atoms with Gasteiger partial charge in [0.15, 0.2) is 5.82 Å². The molecule has 1 aliphatic rings. The highest BCUT2D eigenvalue weighted by Gasteiger charge is 2.33. The summed E-state index contributed by atoms with van der Waals surface area (Å²) < 4.78 is 1.82. The zero-order valence-electron chi connectivity index (χ0n) is 16.1. The largest absolute Gasteiger partial charge is 0.324 e. The minimum absolute atomic E-state index is 0.143. The van der Waals surface area contributed by atoms with Gasteiger partial charge in [-0.15, -0.1) is 5.10 Å². The fourth-order valence-electron chi connectivity index (χ4n) is 3.44. The molecule has 1 aliphatic heterocycles. The zero-order chi connectivity index (χ0) is 19.6. The molecule has 7 nitrogen and oxygen atoms in total. The molecule has 0 amide bonds. The number of aromatic amines is 1. The quantitative estimate of drug-likeness (QED) is 0.880. The Hall–Kier alpha value is -2.80. The predicted molar refractivity (Wildman–Crippen MR) is 105 cm³/mol. The lowest BCUT2D eigenvalue weighted by Gasteiger charge is -2.36. The monoisotopic (exact) mass is 366 g/mol. The van der Waals surface area contributed by atoms with Crippen molar-refractivity contribution < 1.29 is 0 Å². The van der Waals surface area contributed by atoms with E-state index in [1.165, 1.54) is 11.6 Å². The minimum Gasteiger partial charge on any atom is -0.324 e. The number of nitrogens with zero attached hydrogens (tertiary/aromatic N) is 5. The van der Waals surface area contributed by atoms with Gasteiger partial charge in [-0.2, -0.15) is 0 Å². The fourth-order valence-corrected chi connectivity index (χ4v) is 3.44. The molecular formula is C20H26N6O. The van der Waals surface area contributed by atoms with Crippen LogP contribution in [0.2, 0.25) is 0 Å². The highest BCUT2D eigenvalue weighted by atomic mass is 16.1. The van der Waals surface area contributed by atoms with Gasteiger partial charge in [-0.05, 0) is 54.8 Å². The van der Waals surface area contributed by atoms with Crippen LogP contribution >= 0.6 is 0 Å². The van der Waals surface area contributed by atoms with E-state index in [9.17, 15) is 4.79 Å². The van der Waals surface area contributed by atoms with Crippen LogP contribution in [0.1, 0.15) is 44.8 Å². The fraction of sp³-hybridized carbons (Fsp3) is 0.400. The molecule has 2 aromatic heterocycles. The molecule has 0 spiro atoms. The third-order valence-corrected chi connectivity index (χ3v) is 4.77. The molecule has 0 aromatic carbocycles. The first-order chi connectivity index (χ1) is 12.8. The van der Waals surface area contributed by atoms with Gasteiger partial charge in [-0.1, -0.05) is 31.4 Å². The van der Waals surface area contributed by atoms with Crippen molar-refractivity contribution in [2.45, 2.75) is 38.8 Å². The number of aromatic nitrogens is 5. The number of H-pyrrole nitrogens is 1. The lowest BCUT2D eigenvalue weighted by atomic mass is 9.97. The zero-order valence-corrected chi connectivity index (χ0v) is 16.1. The first kappa shape index (κ1) is 19.0. The van der Waals surface area contributed by atoms with Gasteiger partial charge in [0, 0.05) is 24.8 Å². The van der Waals surface area contributed by atoms with Crippen molar-refractivity contribution >= 4 is 0 Å².